The Morgan fingerprint density at radius 3 is 2.43 bits per heavy atom. The van der Waals surface area contributed by atoms with Gasteiger partial charge in [-0.05, 0) is 48.0 Å². The van der Waals surface area contributed by atoms with Gasteiger partial charge in [-0.25, -0.2) is 0 Å². The average molecular weight is 507 g/mol. The molecule has 0 aliphatic carbocycles. The highest BCUT2D eigenvalue weighted by Crippen LogP contribution is 2.40. The van der Waals surface area contributed by atoms with Gasteiger partial charge in [0.15, 0.2) is 22.4 Å². The van der Waals surface area contributed by atoms with Gasteiger partial charge in [-0.2, -0.15) is 0 Å². The summed E-state index contributed by atoms with van der Waals surface area (Å²) in [6.07, 6.45) is 1.74. The van der Waals surface area contributed by atoms with Gasteiger partial charge in [0.1, 0.15) is 5.75 Å². The number of rotatable bonds is 8. The zero-order valence-corrected chi connectivity index (χ0v) is 20.7. The molecule has 2 amide bonds. The molecule has 1 aliphatic rings. The second-order valence-corrected chi connectivity index (χ2v) is 8.98. The third kappa shape index (κ3) is 5.64. The fourth-order valence-electron chi connectivity index (χ4n) is 3.40. The Bertz CT molecular complexity index is 1290. The molecule has 7 nitrogen and oxygen atoms in total. The van der Waals surface area contributed by atoms with E-state index in [2.05, 4.69) is 5.32 Å². The van der Waals surface area contributed by atoms with Crippen molar-refractivity contribution in [3.8, 4) is 17.2 Å². The normalized spacial score (nSPS) is 14.2. The van der Waals surface area contributed by atoms with Gasteiger partial charge in [-0.1, -0.05) is 60.4 Å². The molecule has 1 aliphatic heterocycles. The first kappa shape index (κ1) is 24.3. The fourth-order valence-corrected chi connectivity index (χ4v) is 4.68. The third-order valence-electron chi connectivity index (χ3n) is 5.02. The standard InChI is InChI=1S/C26H22N2O5S2/c1-31-20-11-7-6-10-19(20)28-25(30)23(35-26(28)34)15-17-12-13-21(22(14-17)32-2)33-16-24(29)27-18-8-4-3-5-9-18/h3-15H,16H2,1-2H3,(H,27,29)/b23-15-. The highest BCUT2D eigenvalue weighted by atomic mass is 32.2. The number of nitrogens with zero attached hydrogens (tertiary/aromatic N) is 1. The topological polar surface area (TPSA) is 77.1 Å². The minimum atomic E-state index is -0.289. The van der Waals surface area contributed by atoms with Crippen LogP contribution in [0.3, 0.4) is 0 Å². The number of hydrogen-bond acceptors (Lipinski definition) is 7. The van der Waals surface area contributed by atoms with Crippen LogP contribution in [0.25, 0.3) is 6.08 Å². The van der Waals surface area contributed by atoms with Crippen molar-refractivity contribution in [2.75, 3.05) is 31.0 Å². The summed E-state index contributed by atoms with van der Waals surface area (Å²) >= 11 is 6.68. The molecule has 178 valence electrons. The van der Waals surface area contributed by atoms with Gasteiger partial charge in [0.2, 0.25) is 0 Å². The van der Waals surface area contributed by atoms with Gasteiger partial charge in [-0.15, -0.1) is 0 Å². The molecule has 1 saturated heterocycles. The summed E-state index contributed by atoms with van der Waals surface area (Å²) in [6.45, 7) is -0.178. The fraction of sp³-hybridized carbons (Fsp3) is 0.115. The summed E-state index contributed by atoms with van der Waals surface area (Å²) in [6, 6.07) is 21.6. The van der Waals surface area contributed by atoms with Crippen LogP contribution in [0.2, 0.25) is 0 Å². The van der Waals surface area contributed by atoms with Crippen LogP contribution in [0.1, 0.15) is 5.56 Å². The Hall–Kier alpha value is -3.82. The molecule has 0 aromatic heterocycles. The average Bonchev–Trinajstić information content (AvgIpc) is 3.15. The first-order chi connectivity index (χ1) is 17.0. The molecule has 0 unspecified atom stereocenters. The number of benzene rings is 3. The minimum Gasteiger partial charge on any atom is -0.495 e. The van der Waals surface area contributed by atoms with Gasteiger partial charge < -0.3 is 19.5 Å². The molecule has 3 aromatic carbocycles. The van der Waals surface area contributed by atoms with Gasteiger partial charge in [-0.3, -0.25) is 14.5 Å². The van der Waals surface area contributed by atoms with E-state index in [9.17, 15) is 9.59 Å². The molecule has 0 bridgehead atoms. The molecule has 9 heteroatoms. The van der Waals surface area contributed by atoms with Crippen molar-refractivity contribution in [3.63, 3.8) is 0 Å². The highest BCUT2D eigenvalue weighted by Gasteiger charge is 2.34. The van der Waals surface area contributed by atoms with Crippen LogP contribution in [-0.4, -0.2) is 37.0 Å². The minimum absolute atomic E-state index is 0.178. The van der Waals surface area contributed by atoms with Gasteiger partial charge in [0, 0.05) is 5.69 Å². The molecule has 4 rings (SSSR count). The Kier molecular flexibility index (Phi) is 7.69. The van der Waals surface area contributed by atoms with E-state index >= 15 is 0 Å². The predicted molar refractivity (Wildman–Crippen MR) is 142 cm³/mol. The third-order valence-corrected chi connectivity index (χ3v) is 6.32. The quantitative estimate of drug-likeness (QED) is 0.335. The zero-order valence-electron chi connectivity index (χ0n) is 19.0. The molecule has 0 spiro atoms. The molecule has 0 saturated carbocycles. The zero-order chi connectivity index (χ0) is 24.8. The van der Waals surface area contributed by atoms with E-state index in [0.29, 0.717) is 37.8 Å². The predicted octanol–water partition coefficient (Wildman–Crippen LogP) is 5.13. The number of thioether (sulfide) groups is 1. The summed E-state index contributed by atoms with van der Waals surface area (Å²) < 4.78 is 16.9. The number of carbonyl (C=O) groups is 2. The van der Waals surface area contributed by atoms with Crippen LogP contribution >= 0.6 is 24.0 Å². The molecule has 0 radical (unpaired) electrons. The van der Waals surface area contributed by atoms with Crippen molar-refractivity contribution in [2.45, 2.75) is 0 Å². The van der Waals surface area contributed by atoms with Crippen LogP contribution in [0.15, 0.2) is 77.7 Å². The lowest BCUT2D eigenvalue weighted by atomic mass is 10.1. The number of nitrogens with one attached hydrogen (secondary N) is 1. The summed E-state index contributed by atoms with van der Waals surface area (Å²) in [5, 5.41) is 2.76. The Morgan fingerprint density at radius 2 is 1.69 bits per heavy atom. The SMILES string of the molecule is COc1cc(/C=C2\SC(=S)N(c3ccccc3OC)C2=O)ccc1OCC(=O)Nc1ccccc1. The lowest BCUT2D eigenvalue weighted by Gasteiger charge is -2.17. The van der Waals surface area contributed by atoms with E-state index < -0.39 is 0 Å². The monoisotopic (exact) mass is 506 g/mol. The second kappa shape index (κ2) is 11.1. The number of methoxy groups -OCH3 is 2. The molecular weight excluding hydrogens is 484 g/mol. The molecule has 3 aromatic rings. The number of hydrogen-bond donors (Lipinski definition) is 1. The van der Waals surface area contributed by atoms with Crippen molar-refractivity contribution in [1.29, 1.82) is 0 Å². The number of thiocarbonyl (C=S) groups is 1. The van der Waals surface area contributed by atoms with E-state index in [1.54, 1.807) is 55.7 Å². The maximum Gasteiger partial charge on any atom is 0.270 e. The Balaban J connectivity index is 1.48. The smallest absolute Gasteiger partial charge is 0.270 e. The van der Waals surface area contributed by atoms with E-state index in [1.165, 1.54) is 23.8 Å². The van der Waals surface area contributed by atoms with Crippen molar-refractivity contribution < 1.29 is 23.8 Å². The summed E-state index contributed by atoms with van der Waals surface area (Å²) in [5.74, 6) is 0.883. The second-order valence-electron chi connectivity index (χ2n) is 7.30. The maximum absolute atomic E-state index is 13.1. The summed E-state index contributed by atoms with van der Waals surface area (Å²) in [4.78, 5) is 27.3. The van der Waals surface area contributed by atoms with Crippen molar-refractivity contribution >= 4 is 57.6 Å². The number of para-hydroxylation sites is 3. The molecular formula is C26H22N2O5S2. The maximum atomic E-state index is 13.1. The van der Waals surface area contributed by atoms with Crippen LogP contribution in [0.5, 0.6) is 17.2 Å². The van der Waals surface area contributed by atoms with Gasteiger partial charge in [0.05, 0.1) is 24.8 Å². The van der Waals surface area contributed by atoms with E-state index in [1.807, 2.05) is 30.3 Å². The molecule has 1 N–H and O–H groups in total. The molecule has 1 heterocycles. The molecule has 0 atom stereocenters. The largest absolute Gasteiger partial charge is 0.495 e. The van der Waals surface area contributed by atoms with Crippen molar-refractivity contribution in [1.82, 2.24) is 0 Å². The summed E-state index contributed by atoms with van der Waals surface area (Å²) in [5.41, 5.74) is 2.01. The molecule has 35 heavy (non-hydrogen) atoms. The first-order valence-electron chi connectivity index (χ1n) is 10.6. The van der Waals surface area contributed by atoms with E-state index in [0.717, 1.165) is 5.56 Å². The summed E-state index contributed by atoms with van der Waals surface area (Å²) in [7, 11) is 3.06. The van der Waals surface area contributed by atoms with Crippen LogP contribution in [-0.2, 0) is 9.59 Å². The lowest BCUT2D eigenvalue weighted by molar-refractivity contribution is -0.118. The van der Waals surface area contributed by atoms with E-state index in [-0.39, 0.29) is 18.4 Å². The van der Waals surface area contributed by atoms with Gasteiger partial charge in [0.25, 0.3) is 11.8 Å². The highest BCUT2D eigenvalue weighted by molar-refractivity contribution is 8.27. The van der Waals surface area contributed by atoms with Crippen molar-refractivity contribution in [3.05, 3.63) is 83.3 Å². The number of ether oxygens (including phenoxy) is 3. The van der Waals surface area contributed by atoms with E-state index in [4.69, 9.17) is 26.4 Å². The molecule has 1 fully saturated rings. The van der Waals surface area contributed by atoms with Crippen molar-refractivity contribution in [2.24, 2.45) is 0 Å². The number of anilines is 2. The Morgan fingerprint density at radius 1 is 0.971 bits per heavy atom. The lowest BCUT2D eigenvalue weighted by Crippen LogP contribution is -2.27. The number of carbonyl (C=O) groups excluding carboxylic acids is 2. The first-order valence-corrected chi connectivity index (χ1v) is 11.8. The van der Waals surface area contributed by atoms with Crippen LogP contribution in [0.4, 0.5) is 11.4 Å². The van der Waals surface area contributed by atoms with Crippen LogP contribution < -0.4 is 24.4 Å². The Labute approximate surface area is 212 Å². The van der Waals surface area contributed by atoms with Gasteiger partial charge >= 0.3 is 0 Å². The van der Waals surface area contributed by atoms with Crippen LogP contribution in [0, 0.1) is 0 Å². The number of amides is 2.